The Labute approximate surface area is 173 Å². The minimum Gasteiger partial charge on any atom is -0.255 e. The predicted molar refractivity (Wildman–Crippen MR) is 110 cm³/mol. The molecule has 5 heteroatoms. The van der Waals surface area contributed by atoms with Gasteiger partial charge >= 0.3 is 0 Å². The highest BCUT2D eigenvalue weighted by molar-refractivity contribution is 9.10. The topological polar surface area (TPSA) is 47.6 Å². The number of alkyl halides is 1. The third-order valence-corrected chi connectivity index (χ3v) is 5.32. The van der Waals surface area contributed by atoms with Crippen LogP contribution in [-0.2, 0) is 11.8 Å². The van der Waals surface area contributed by atoms with Gasteiger partial charge in [0, 0.05) is 8.95 Å². The smallest absolute Gasteiger partial charge is 0.0822 e. The van der Waals surface area contributed by atoms with Crippen LogP contribution in [0.1, 0.15) is 38.2 Å². The van der Waals surface area contributed by atoms with Crippen molar-refractivity contribution in [3.63, 3.8) is 0 Å². The zero-order chi connectivity index (χ0) is 20.1. The average Bonchev–Trinajstić information content (AvgIpc) is 3.16. The predicted octanol–water partition coefficient (Wildman–Crippen LogP) is 6.89. The van der Waals surface area contributed by atoms with E-state index in [1.54, 1.807) is 0 Å². The molecule has 1 aliphatic carbocycles. The highest BCUT2D eigenvalue weighted by atomic mass is 79.9. The molecule has 0 saturated heterocycles. The number of rotatable bonds is 2. The number of hydrogen-bond acceptors (Lipinski definition) is 2. The van der Waals surface area contributed by atoms with Crippen LogP contribution in [0.4, 0.5) is 4.39 Å². The fourth-order valence-electron chi connectivity index (χ4n) is 2.91. The maximum absolute atomic E-state index is 9.96. The monoisotopic (exact) mass is 479 g/mol. The molecule has 26 heavy (non-hydrogen) atoms. The van der Waals surface area contributed by atoms with Crippen LogP contribution >= 0.6 is 31.9 Å². The molecular weight excluding hydrogens is 459 g/mol. The first-order chi connectivity index (χ1) is 13.0. The lowest BCUT2D eigenvalue weighted by molar-refractivity contribution is 0.573. The van der Waals surface area contributed by atoms with Gasteiger partial charge in [0.05, 0.1) is 32.5 Å². The normalized spacial score (nSPS) is 14.4. The van der Waals surface area contributed by atoms with Crippen LogP contribution in [0.2, 0.25) is 0 Å². The van der Waals surface area contributed by atoms with E-state index in [9.17, 15) is 9.65 Å². The Morgan fingerprint density at radius 3 is 1.88 bits per heavy atom. The van der Waals surface area contributed by atoms with Gasteiger partial charge in [-0.2, -0.15) is 10.5 Å². The zero-order valence-electron chi connectivity index (χ0n) is 15.4. The minimum atomic E-state index is -1.00. The van der Waals surface area contributed by atoms with Gasteiger partial charge in [-0.15, -0.1) is 0 Å². The number of benzene rings is 2. The third kappa shape index (κ3) is 6.56. The molecule has 0 heterocycles. The first-order valence-electron chi connectivity index (χ1n) is 8.86. The Kier molecular flexibility index (Phi) is 9.39. The van der Waals surface area contributed by atoms with Gasteiger partial charge in [0.15, 0.2) is 0 Å². The van der Waals surface area contributed by atoms with Crippen molar-refractivity contribution in [2.45, 2.75) is 37.5 Å². The summed E-state index contributed by atoms with van der Waals surface area (Å²) in [5, 5.41) is 17.6. The van der Waals surface area contributed by atoms with Crippen molar-refractivity contribution in [2.24, 2.45) is 0 Å². The molecule has 2 nitrogen and oxygen atoms in total. The van der Waals surface area contributed by atoms with Gasteiger partial charge in [-0.3, -0.25) is 4.39 Å². The standard InChI is InChI=1S/C12H12BrN.C8H6BrN.CH3F/c13-11-5-3-10(4-6-11)12(9-14)7-1-2-8-12;9-8-3-1-7(2-4-8)5-6-10;1-2/h3-6H,1-2,7-8H2;1-4H,5H2;1H3/i;;1D. The molecule has 0 radical (unpaired) electrons. The van der Waals surface area contributed by atoms with Gasteiger partial charge < -0.3 is 0 Å². The molecule has 1 fully saturated rings. The third-order valence-electron chi connectivity index (χ3n) is 4.26. The molecule has 1 aliphatic rings. The van der Waals surface area contributed by atoms with E-state index in [0.29, 0.717) is 6.42 Å². The number of halogens is 3. The van der Waals surface area contributed by atoms with Gasteiger partial charge in [0.2, 0.25) is 0 Å². The van der Waals surface area contributed by atoms with E-state index in [4.69, 9.17) is 6.63 Å². The van der Waals surface area contributed by atoms with E-state index < -0.39 is 7.15 Å². The summed E-state index contributed by atoms with van der Waals surface area (Å²) in [5.74, 6) is 0. The minimum absolute atomic E-state index is 0.194. The van der Waals surface area contributed by atoms with E-state index in [1.165, 1.54) is 18.4 Å². The Bertz CT molecular complexity index is 759. The fraction of sp³-hybridized carbons (Fsp3) is 0.333. The summed E-state index contributed by atoms with van der Waals surface area (Å²) in [6.45, 7) is 0. The first kappa shape index (κ1) is 20.6. The molecule has 0 N–H and O–H groups in total. The van der Waals surface area contributed by atoms with Crippen molar-refractivity contribution in [1.82, 2.24) is 0 Å². The molecular formula is C21H21Br2FN2. The summed E-state index contributed by atoms with van der Waals surface area (Å²) in [5.41, 5.74) is 2.05. The van der Waals surface area contributed by atoms with Gasteiger partial charge in [0.1, 0.15) is 0 Å². The number of nitrogens with zero attached hydrogens (tertiary/aromatic N) is 2. The summed E-state index contributed by atoms with van der Waals surface area (Å²) < 4.78 is 17.6. The fourth-order valence-corrected chi connectivity index (χ4v) is 3.43. The summed E-state index contributed by atoms with van der Waals surface area (Å²) >= 11 is 6.72. The van der Waals surface area contributed by atoms with Crippen molar-refractivity contribution in [3.8, 4) is 12.1 Å². The molecule has 0 spiro atoms. The van der Waals surface area contributed by atoms with Crippen molar-refractivity contribution in [2.75, 3.05) is 7.15 Å². The van der Waals surface area contributed by atoms with Crippen molar-refractivity contribution >= 4 is 31.9 Å². The van der Waals surface area contributed by atoms with Crippen LogP contribution in [0.5, 0.6) is 0 Å². The molecule has 0 bridgehead atoms. The Balaban J connectivity index is 0.000000246. The van der Waals surface area contributed by atoms with E-state index in [2.05, 4.69) is 56.1 Å². The second kappa shape index (κ2) is 11.8. The van der Waals surface area contributed by atoms with E-state index in [0.717, 1.165) is 27.4 Å². The Hall–Kier alpha value is -1.69. The second-order valence-corrected chi connectivity index (χ2v) is 7.70. The maximum atomic E-state index is 9.96. The molecule has 0 amide bonds. The van der Waals surface area contributed by atoms with Gasteiger partial charge in [0.25, 0.3) is 0 Å². The van der Waals surface area contributed by atoms with Gasteiger partial charge in [-0.05, 0) is 48.2 Å². The highest BCUT2D eigenvalue weighted by Gasteiger charge is 2.35. The Morgan fingerprint density at radius 1 is 1.00 bits per heavy atom. The van der Waals surface area contributed by atoms with Crippen LogP contribution in [0.15, 0.2) is 57.5 Å². The van der Waals surface area contributed by atoms with Crippen molar-refractivity contribution < 1.29 is 5.76 Å². The molecule has 0 aliphatic heterocycles. The van der Waals surface area contributed by atoms with E-state index in [1.807, 2.05) is 36.4 Å². The molecule has 0 atom stereocenters. The molecule has 0 unspecified atom stereocenters. The Morgan fingerprint density at radius 2 is 1.46 bits per heavy atom. The zero-order valence-corrected chi connectivity index (χ0v) is 17.6. The van der Waals surface area contributed by atoms with E-state index in [-0.39, 0.29) is 5.41 Å². The summed E-state index contributed by atoms with van der Waals surface area (Å²) in [7, 11) is -1.00. The van der Waals surface area contributed by atoms with Crippen LogP contribution in [0.25, 0.3) is 0 Å². The van der Waals surface area contributed by atoms with Crippen molar-refractivity contribution in [1.29, 1.82) is 10.5 Å². The molecule has 3 rings (SSSR count). The molecule has 2 aromatic rings. The summed E-state index contributed by atoms with van der Waals surface area (Å²) in [4.78, 5) is 0. The lowest BCUT2D eigenvalue weighted by Crippen LogP contribution is -2.18. The largest absolute Gasteiger partial charge is 0.255 e. The molecule has 136 valence electrons. The van der Waals surface area contributed by atoms with Crippen molar-refractivity contribution in [3.05, 3.63) is 68.6 Å². The lowest BCUT2D eigenvalue weighted by Gasteiger charge is -2.20. The first-order valence-corrected chi connectivity index (χ1v) is 9.74. The SMILES string of the molecule is N#CC1(c2ccc(Br)cc2)CCCC1.N#CCc1ccc(Br)cc1.[2H]CF. The molecule has 0 aromatic heterocycles. The maximum Gasteiger partial charge on any atom is 0.0822 e. The number of nitriles is 2. The second-order valence-electron chi connectivity index (χ2n) is 5.87. The van der Waals surface area contributed by atoms with Crippen LogP contribution in [0.3, 0.4) is 0 Å². The molecule has 2 aromatic carbocycles. The summed E-state index contributed by atoms with van der Waals surface area (Å²) in [6.07, 6.45) is 4.90. The summed E-state index contributed by atoms with van der Waals surface area (Å²) in [6, 6.07) is 20.5. The van der Waals surface area contributed by atoms with Gasteiger partial charge in [-0.25, -0.2) is 0 Å². The lowest BCUT2D eigenvalue weighted by atomic mass is 9.80. The average molecular weight is 481 g/mol. The quantitative estimate of drug-likeness (QED) is 0.469. The molecule has 1 saturated carbocycles. The number of hydrogen-bond donors (Lipinski definition) is 0. The van der Waals surface area contributed by atoms with Crippen LogP contribution in [0, 0.1) is 22.7 Å². The van der Waals surface area contributed by atoms with Gasteiger partial charge in [-0.1, -0.05) is 69.0 Å². The van der Waals surface area contributed by atoms with Crippen LogP contribution in [-0.4, -0.2) is 7.15 Å². The van der Waals surface area contributed by atoms with E-state index >= 15 is 0 Å². The van der Waals surface area contributed by atoms with Crippen LogP contribution < -0.4 is 0 Å². The highest BCUT2D eigenvalue weighted by Crippen LogP contribution is 2.40.